The summed E-state index contributed by atoms with van der Waals surface area (Å²) in [7, 11) is 0. The number of rotatable bonds is 4. The third-order valence-corrected chi connectivity index (χ3v) is 4.87. The summed E-state index contributed by atoms with van der Waals surface area (Å²) >= 11 is 0. The van der Waals surface area contributed by atoms with Crippen LogP contribution >= 0.6 is 0 Å². The molecule has 1 aliphatic rings. The zero-order valence-electron chi connectivity index (χ0n) is 16.9. The highest BCUT2D eigenvalue weighted by atomic mass is 16.2. The van der Waals surface area contributed by atoms with Gasteiger partial charge in [0.2, 0.25) is 5.91 Å². The van der Waals surface area contributed by atoms with E-state index in [1.54, 1.807) is 18.5 Å². The van der Waals surface area contributed by atoms with Crippen LogP contribution in [0.15, 0.2) is 30.7 Å². The van der Waals surface area contributed by atoms with Crippen LogP contribution in [-0.4, -0.2) is 20.9 Å². The lowest BCUT2D eigenvalue weighted by molar-refractivity contribution is -0.117. The maximum absolute atomic E-state index is 12.1. The van der Waals surface area contributed by atoms with Gasteiger partial charge in [-0.15, -0.1) is 0 Å². The number of nitriles is 1. The molecule has 7 nitrogen and oxygen atoms in total. The Bertz CT molecular complexity index is 1100. The molecule has 0 aromatic carbocycles. The van der Waals surface area contributed by atoms with Gasteiger partial charge in [0, 0.05) is 42.4 Å². The van der Waals surface area contributed by atoms with Crippen molar-refractivity contribution >= 4 is 28.3 Å². The number of carbonyl (C=O) groups is 1. The highest BCUT2D eigenvalue weighted by Gasteiger charge is 2.30. The summed E-state index contributed by atoms with van der Waals surface area (Å²) in [6.07, 6.45) is 7.98. The molecule has 1 fully saturated rings. The molecule has 7 heteroatoms. The fourth-order valence-electron chi connectivity index (χ4n) is 3.22. The van der Waals surface area contributed by atoms with E-state index in [0.29, 0.717) is 11.6 Å². The number of hydrogen-bond acceptors (Lipinski definition) is 6. The molecule has 0 saturated heterocycles. The van der Waals surface area contributed by atoms with Crippen molar-refractivity contribution in [3.8, 4) is 17.3 Å². The maximum Gasteiger partial charge on any atom is 0.228 e. The second-order valence-electron chi connectivity index (χ2n) is 6.97. The van der Waals surface area contributed by atoms with Crippen LogP contribution in [0.2, 0.25) is 0 Å². The zero-order valence-corrected chi connectivity index (χ0v) is 16.9. The van der Waals surface area contributed by atoms with Crippen LogP contribution < -0.4 is 11.1 Å². The van der Waals surface area contributed by atoms with Gasteiger partial charge in [0.15, 0.2) is 0 Å². The van der Waals surface area contributed by atoms with Crippen LogP contribution in [0.5, 0.6) is 0 Å². The molecule has 0 aliphatic heterocycles. The molecule has 1 amide bonds. The molecule has 0 bridgehead atoms. The number of amides is 1. The number of carbonyl (C=O) groups excluding carboxylic acids is 1. The van der Waals surface area contributed by atoms with Crippen molar-refractivity contribution in [3.63, 3.8) is 0 Å². The Morgan fingerprint density at radius 2 is 2.07 bits per heavy atom. The predicted molar refractivity (Wildman–Crippen MR) is 114 cm³/mol. The summed E-state index contributed by atoms with van der Waals surface area (Å²) < 4.78 is 0. The number of anilines is 2. The molecule has 4 rings (SSSR count). The number of nitrogen functional groups attached to an aromatic ring is 1. The van der Waals surface area contributed by atoms with Crippen molar-refractivity contribution in [2.45, 2.75) is 40.0 Å². The minimum Gasteiger partial charge on any atom is -0.383 e. The molecule has 148 valence electrons. The van der Waals surface area contributed by atoms with E-state index in [1.165, 1.54) is 6.92 Å². The van der Waals surface area contributed by atoms with Crippen LogP contribution in [0.4, 0.5) is 11.6 Å². The predicted octanol–water partition coefficient (Wildman–Crippen LogP) is 4.02. The number of fused-ring (bicyclic) bond motifs is 1. The number of pyridine rings is 3. The lowest BCUT2D eigenvalue weighted by atomic mass is 9.97. The number of hydrogen-bond donors (Lipinski definition) is 2. The fraction of sp³-hybridized carbons (Fsp3) is 0.318. The van der Waals surface area contributed by atoms with Gasteiger partial charge in [-0.05, 0) is 54.8 Å². The Kier molecular flexibility index (Phi) is 6.03. The normalized spacial score (nSPS) is 12.6. The summed E-state index contributed by atoms with van der Waals surface area (Å²) in [4.78, 5) is 25.3. The second kappa shape index (κ2) is 8.65. The van der Waals surface area contributed by atoms with Crippen molar-refractivity contribution in [3.05, 3.63) is 41.9 Å². The molecule has 3 heterocycles. The van der Waals surface area contributed by atoms with Crippen molar-refractivity contribution in [2.24, 2.45) is 5.92 Å². The molecule has 0 unspecified atom stereocenters. The van der Waals surface area contributed by atoms with E-state index < -0.39 is 0 Å². The molecular formula is C22H24N6O. The van der Waals surface area contributed by atoms with Gasteiger partial charge in [-0.3, -0.25) is 9.78 Å². The Labute approximate surface area is 170 Å². The van der Waals surface area contributed by atoms with E-state index in [0.717, 1.165) is 52.4 Å². The Balaban J connectivity index is 0.000000755. The minimum absolute atomic E-state index is 0.0419. The second-order valence-corrected chi connectivity index (χ2v) is 6.97. The van der Waals surface area contributed by atoms with Crippen LogP contribution in [0.25, 0.3) is 22.0 Å². The number of nitrogens with two attached hydrogens (primary N) is 1. The van der Waals surface area contributed by atoms with E-state index in [-0.39, 0.29) is 11.8 Å². The lowest BCUT2D eigenvalue weighted by Crippen LogP contribution is -2.14. The van der Waals surface area contributed by atoms with Gasteiger partial charge < -0.3 is 11.1 Å². The minimum atomic E-state index is 0.0419. The summed E-state index contributed by atoms with van der Waals surface area (Å²) in [6.45, 7) is 5.55. The SMILES string of the molecule is CC#N.CCc1c(-c2cnccc2C)nc(N)c2cnc(NC(=O)C3CC3)cc12. The molecule has 0 spiro atoms. The standard InChI is InChI=1S/C20H21N5O.C2H3N/c1-3-13-14-8-17(24-20(26)12-4-5-12)23-10-16(14)19(21)25-18(13)15-9-22-7-6-11(15)2;1-2-3/h6-10,12H,3-5H2,1-2H3,(H2,21,25)(H,23,24,26);1H3. The Hall–Kier alpha value is -3.53. The van der Waals surface area contributed by atoms with E-state index in [9.17, 15) is 4.79 Å². The topological polar surface area (TPSA) is 118 Å². The monoisotopic (exact) mass is 388 g/mol. The first-order chi connectivity index (χ1) is 14.0. The Morgan fingerprint density at radius 3 is 2.69 bits per heavy atom. The molecular weight excluding hydrogens is 364 g/mol. The highest BCUT2D eigenvalue weighted by Crippen LogP contribution is 2.34. The van der Waals surface area contributed by atoms with E-state index in [1.807, 2.05) is 25.3 Å². The van der Waals surface area contributed by atoms with Crippen LogP contribution in [0.3, 0.4) is 0 Å². The van der Waals surface area contributed by atoms with Gasteiger partial charge in [-0.2, -0.15) is 5.26 Å². The molecule has 0 atom stereocenters. The van der Waals surface area contributed by atoms with E-state index >= 15 is 0 Å². The van der Waals surface area contributed by atoms with Crippen LogP contribution in [0, 0.1) is 24.2 Å². The van der Waals surface area contributed by atoms with Gasteiger partial charge >= 0.3 is 0 Å². The quantitative estimate of drug-likeness (QED) is 0.697. The first kappa shape index (κ1) is 20.2. The summed E-state index contributed by atoms with van der Waals surface area (Å²) in [5.74, 6) is 1.17. The number of nitrogens with zero attached hydrogens (tertiary/aromatic N) is 4. The van der Waals surface area contributed by atoms with Gasteiger partial charge in [-0.25, -0.2) is 9.97 Å². The largest absolute Gasteiger partial charge is 0.383 e. The average Bonchev–Trinajstić information content (AvgIpc) is 3.54. The van der Waals surface area contributed by atoms with Crippen molar-refractivity contribution in [1.82, 2.24) is 15.0 Å². The van der Waals surface area contributed by atoms with Gasteiger partial charge in [-0.1, -0.05) is 6.92 Å². The molecule has 29 heavy (non-hydrogen) atoms. The van der Waals surface area contributed by atoms with Crippen LogP contribution in [-0.2, 0) is 11.2 Å². The first-order valence-corrected chi connectivity index (χ1v) is 9.60. The third kappa shape index (κ3) is 4.32. The van der Waals surface area contributed by atoms with Crippen molar-refractivity contribution in [2.75, 3.05) is 11.1 Å². The van der Waals surface area contributed by atoms with E-state index in [4.69, 9.17) is 11.0 Å². The molecule has 0 radical (unpaired) electrons. The molecule has 3 N–H and O–H groups in total. The molecule has 1 aliphatic carbocycles. The first-order valence-electron chi connectivity index (χ1n) is 9.60. The molecule has 1 saturated carbocycles. The van der Waals surface area contributed by atoms with Crippen LogP contribution in [0.1, 0.15) is 37.8 Å². The highest BCUT2D eigenvalue weighted by molar-refractivity contribution is 6.00. The zero-order chi connectivity index (χ0) is 21.0. The number of nitrogens with one attached hydrogen (secondary N) is 1. The van der Waals surface area contributed by atoms with Crippen molar-refractivity contribution < 1.29 is 4.79 Å². The third-order valence-electron chi connectivity index (χ3n) is 4.87. The van der Waals surface area contributed by atoms with Gasteiger partial charge in [0.1, 0.15) is 11.6 Å². The summed E-state index contributed by atoms with van der Waals surface area (Å²) in [6, 6.07) is 5.62. The van der Waals surface area contributed by atoms with E-state index in [2.05, 4.69) is 27.2 Å². The fourth-order valence-corrected chi connectivity index (χ4v) is 3.22. The summed E-state index contributed by atoms with van der Waals surface area (Å²) in [5.41, 5.74) is 10.2. The average molecular weight is 388 g/mol. The van der Waals surface area contributed by atoms with Crippen molar-refractivity contribution in [1.29, 1.82) is 5.26 Å². The molecule has 3 aromatic heterocycles. The lowest BCUT2D eigenvalue weighted by Gasteiger charge is -2.15. The maximum atomic E-state index is 12.1. The van der Waals surface area contributed by atoms with Gasteiger partial charge in [0.25, 0.3) is 0 Å². The number of aryl methyl sites for hydroxylation is 2. The summed E-state index contributed by atoms with van der Waals surface area (Å²) in [5, 5.41) is 12.0. The number of aromatic nitrogens is 3. The van der Waals surface area contributed by atoms with Gasteiger partial charge in [0.05, 0.1) is 11.8 Å². The Morgan fingerprint density at radius 1 is 1.34 bits per heavy atom. The smallest absolute Gasteiger partial charge is 0.228 e. The molecule has 3 aromatic rings.